The molecular weight excluding hydrogens is 202 g/mol. The lowest BCUT2D eigenvalue weighted by atomic mass is 10.1. The lowest BCUT2D eigenvalue weighted by Crippen LogP contribution is -2.18. The quantitative estimate of drug-likeness (QED) is 0.745. The van der Waals surface area contributed by atoms with Gasteiger partial charge in [0.1, 0.15) is 0 Å². The number of aromatic carboxylic acids is 1. The highest BCUT2D eigenvalue weighted by Crippen LogP contribution is 2.16. The summed E-state index contributed by atoms with van der Waals surface area (Å²) in [6.07, 6.45) is 7.15. The molecule has 1 unspecified atom stereocenters. The summed E-state index contributed by atoms with van der Waals surface area (Å²) in [6, 6.07) is 6.65. The number of hydrogen-bond donors (Lipinski definition) is 2. The Morgan fingerprint density at radius 2 is 2.25 bits per heavy atom. The summed E-state index contributed by atoms with van der Waals surface area (Å²) in [5.74, 6) is 1.66. The Bertz CT molecular complexity index is 407. The first-order valence-electron chi connectivity index (χ1n) is 5.24. The van der Waals surface area contributed by atoms with Gasteiger partial charge in [-0.15, -0.1) is 6.42 Å². The summed E-state index contributed by atoms with van der Waals surface area (Å²) in [6.45, 7) is 2.04. The minimum absolute atomic E-state index is 0.120. The van der Waals surface area contributed by atoms with E-state index in [0.717, 1.165) is 12.8 Å². The number of anilines is 1. The topological polar surface area (TPSA) is 49.3 Å². The minimum atomic E-state index is -0.949. The average Bonchev–Trinajstić information content (AvgIpc) is 2.29. The van der Waals surface area contributed by atoms with Gasteiger partial charge in [0.25, 0.3) is 0 Å². The number of benzene rings is 1. The minimum Gasteiger partial charge on any atom is -0.478 e. The van der Waals surface area contributed by atoms with Crippen molar-refractivity contribution in [2.24, 2.45) is 0 Å². The molecule has 1 aromatic carbocycles. The van der Waals surface area contributed by atoms with Gasteiger partial charge >= 0.3 is 5.97 Å². The first-order valence-corrected chi connectivity index (χ1v) is 5.24. The second-order valence-electron chi connectivity index (χ2n) is 3.50. The Balaban J connectivity index is 2.88. The summed E-state index contributed by atoms with van der Waals surface area (Å²) in [7, 11) is 0. The second-order valence-corrected chi connectivity index (χ2v) is 3.50. The lowest BCUT2D eigenvalue weighted by molar-refractivity contribution is 0.0698. The molecule has 3 nitrogen and oxygen atoms in total. The van der Waals surface area contributed by atoms with Crippen molar-refractivity contribution >= 4 is 11.7 Å². The second kappa shape index (κ2) is 5.82. The van der Waals surface area contributed by atoms with Crippen LogP contribution in [0.5, 0.6) is 0 Å². The molecule has 0 aliphatic rings. The third-order valence-electron chi connectivity index (χ3n) is 2.27. The van der Waals surface area contributed by atoms with Crippen molar-refractivity contribution in [1.29, 1.82) is 0 Å². The molecule has 0 heterocycles. The number of carboxylic acids is 1. The number of carbonyl (C=O) groups is 1. The number of terminal acetylenes is 1. The number of hydrogen-bond acceptors (Lipinski definition) is 2. The number of carboxylic acid groups (broad SMARTS) is 1. The molecule has 0 bridgehead atoms. The van der Waals surface area contributed by atoms with Crippen LogP contribution in [-0.4, -0.2) is 17.1 Å². The van der Waals surface area contributed by atoms with E-state index in [1.807, 2.05) is 6.92 Å². The molecule has 0 radical (unpaired) electrons. The van der Waals surface area contributed by atoms with E-state index in [1.165, 1.54) is 0 Å². The van der Waals surface area contributed by atoms with E-state index in [-0.39, 0.29) is 11.6 Å². The van der Waals surface area contributed by atoms with E-state index < -0.39 is 5.97 Å². The first-order chi connectivity index (χ1) is 7.69. The van der Waals surface area contributed by atoms with Gasteiger partial charge in [-0.05, 0) is 18.6 Å². The van der Waals surface area contributed by atoms with Crippen LogP contribution in [0.1, 0.15) is 30.1 Å². The van der Waals surface area contributed by atoms with E-state index in [2.05, 4.69) is 11.2 Å². The largest absolute Gasteiger partial charge is 0.478 e. The zero-order valence-corrected chi connectivity index (χ0v) is 9.23. The van der Waals surface area contributed by atoms with Gasteiger partial charge in [0.15, 0.2) is 0 Å². The van der Waals surface area contributed by atoms with Crippen LogP contribution in [-0.2, 0) is 0 Å². The summed E-state index contributed by atoms with van der Waals surface area (Å²) < 4.78 is 0. The van der Waals surface area contributed by atoms with Crippen molar-refractivity contribution in [1.82, 2.24) is 0 Å². The Labute approximate surface area is 95.5 Å². The normalized spacial score (nSPS) is 11.5. The fraction of sp³-hybridized carbons (Fsp3) is 0.308. The molecule has 16 heavy (non-hydrogen) atoms. The highest BCUT2D eigenvalue weighted by Gasteiger charge is 2.11. The maximum Gasteiger partial charge on any atom is 0.337 e. The van der Waals surface area contributed by atoms with Crippen LogP contribution >= 0.6 is 0 Å². The van der Waals surface area contributed by atoms with Crippen molar-refractivity contribution in [2.75, 3.05) is 5.32 Å². The molecule has 2 N–H and O–H groups in total. The van der Waals surface area contributed by atoms with Crippen LogP contribution in [0.4, 0.5) is 5.69 Å². The Morgan fingerprint density at radius 1 is 1.56 bits per heavy atom. The first kappa shape index (κ1) is 12.1. The fourth-order valence-electron chi connectivity index (χ4n) is 1.47. The molecule has 0 aromatic heterocycles. The molecule has 3 heteroatoms. The average molecular weight is 217 g/mol. The van der Waals surface area contributed by atoms with Crippen LogP contribution in [0.3, 0.4) is 0 Å². The zero-order chi connectivity index (χ0) is 12.0. The summed E-state index contributed by atoms with van der Waals surface area (Å²) in [5, 5.41) is 12.1. The third kappa shape index (κ3) is 3.03. The van der Waals surface area contributed by atoms with Gasteiger partial charge in [-0.3, -0.25) is 0 Å². The molecule has 1 rings (SSSR count). The molecular formula is C13H15NO2. The molecule has 0 fully saturated rings. The molecule has 0 aliphatic carbocycles. The molecule has 0 saturated heterocycles. The SMILES string of the molecule is C#CC(CCC)Nc1ccccc1C(=O)O. The predicted octanol–water partition coefficient (Wildman–Crippen LogP) is 2.60. The Morgan fingerprint density at radius 3 is 2.81 bits per heavy atom. The van der Waals surface area contributed by atoms with E-state index >= 15 is 0 Å². The lowest BCUT2D eigenvalue weighted by Gasteiger charge is -2.15. The molecule has 1 aromatic rings. The summed E-state index contributed by atoms with van der Waals surface area (Å²) in [5.41, 5.74) is 0.824. The maximum absolute atomic E-state index is 11.0. The maximum atomic E-state index is 11.0. The van der Waals surface area contributed by atoms with E-state index in [9.17, 15) is 4.79 Å². The van der Waals surface area contributed by atoms with Gasteiger partial charge in [-0.25, -0.2) is 4.79 Å². The van der Waals surface area contributed by atoms with Crippen LogP contribution in [0, 0.1) is 12.3 Å². The standard InChI is InChI=1S/C13H15NO2/c1-3-7-10(4-2)14-12-9-6-5-8-11(12)13(15)16/h2,5-6,8-10,14H,3,7H2,1H3,(H,15,16). The smallest absolute Gasteiger partial charge is 0.337 e. The number of rotatable bonds is 5. The van der Waals surface area contributed by atoms with Crippen LogP contribution in [0.2, 0.25) is 0 Å². The Hall–Kier alpha value is -1.95. The third-order valence-corrected chi connectivity index (χ3v) is 2.27. The van der Waals surface area contributed by atoms with E-state index in [1.54, 1.807) is 24.3 Å². The molecule has 0 spiro atoms. The van der Waals surface area contributed by atoms with Gasteiger partial charge in [0.05, 0.1) is 11.6 Å². The Kier molecular flexibility index (Phi) is 4.41. The van der Waals surface area contributed by atoms with Crippen molar-refractivity contribution in [3.8, 4) is 12.3 Å². The van der Waals surface area contributed by atoms with Crippen molar-refractivity contribution in [3.63, 3.8) is 0 Å². The van der Waals surface area contributed by atoms with Gasteiger partial charge in [-0.2, -0.15) is 0 Å². The van der Waals surface area contributed by atoms with Gasteiger partial charge in [-0.1, -0.05) is 31.4 Å². The molecule has 1 atom stereocenters. The van der Waals surface area contributed by atoms with Crippen molar-refractivity contribution < 1.29 is 9.90 Å². The van der Waals surface area contributed by atoms with Gasteiger partial charge in [0, 0.05) is 5.69 Å². The van der Waals surface area contributed by atoms with E-state index in [4.69, 9.17) is 11.5 Å². The zero-order valence-electron chi connectivity index (χ0n) is 9.23. The predicted molar refractivity (Wildman–Crippen MR) is 64.6 cm³/mol. The number of para-hydroxylation sites is 1. The fourth-order valence-corrected chi connectivity index (χ4v) is 1.47. The van der Waals surface area contributed by atoms with E-state index in [0.29, 0.717) is 5.69 Å². The highest BCUT2D eigenvalue weighted by atomic mass is 16.4. The van der Waals surface area contributed by atoms with Crippen LogP contribution < -0.4 is 5.32 Å². The molecule has 84 valence electrons. The van der Waals surface area contributed by atoms with Crippen LogP contribution in [0.25, 0.3) is 0 Å². The number of nitrogens with one attached hydrogen (secondary N) is 1. The van der Waals surface area contributed by atoms with Gasteiger partial charge in [0.2, 0.25) is 0 Å². The summed E-state index contributed by atoms with van der Waals surface area (Å²) in [4.78, 5) is 11.0. The van der Waals surface area contributed by atoms with Crippen molar-refractivity contribution in [3.05, 3.63) is 29.8 Å². The van der Waals surface area contributed by atoms with Crippen LogP contribution in [0.15, 0.2) is 24.3 Å². The molecule has 0 saturated carbocycles. The summed E-state index contributed by atoms with van der Waals surface area (Å²) >= 11 is 0. The highest BCUT2D eigenvalue weighted by molar-refractivity contribution is 5.94. The molecule has 0 aliphatic heterocycles. The van der Waals surface area contributed by atoms with Gasteiger partial charge < -0.3 is 10.4 Å². The monoisotopic (exact) mass is 217 g/mol. The molecule has 0 amide bonds. The van der Waals surface area contributed by atoms with Crippen molar-refractivity contribution in [2.45, 2.75) is 25.8 Å².